The van der Waals surface area contributed by atoms with Gasteiger partial charge in [-0.2, -0.15) is 0 Å². The van der Waals surface area contributed by atoms with E-state index in [1.165, 1.54) is 19.2 Å². The van der Waals surface area contributed by atoms with Crippen LogP contribution in [-0.4, -0.2) is 48.7 Å². The van der Waals surface area contributed by atoms with Crippen molar-refractivity contribution >= 4 is 28.8 Å². The first-order valence-corrected chi connectivity index (χ1v) is 12.7. The fraction of sp³-hybridized carbons (Fsp3) is 0.385. The van der Waals surface area contributed by atoms with Gasteiger partial charge in [0.25, 0.3) is 0 Å². The first-order chi connectivity index (χ1) is 17.8. The Morgan fingerprint density at radius 3 is 2.73 bits per heavy atom. The number of ketones is 1. The molecule has 1 aliphatic carbocycles. The van der Waals surface area contributed by atoms with Gasteiger partial charge in [0.1, 0.15) is 6.61 Å². The fourth-order valence-corrected chi connectivity index (χ4v) is 5.68. The highest BCUT2D eigenvalue weighted by Gasteiger charge is 2.42. The second-order valence-corrected chi connectivity index (χ2v) is 9.72. The van der Waals surface area contributed by atoms with Gasteiger partial charge in [0.05, 0.1) is 23.7 Å². The summed E-state index contributed by atoms with van der Waals surface area (Å²) in [5.41, 5.74) is 1.38. The number of ether oxygens (including phenoxy) is 3. The predicted molar refractivity (Wildman–Crippen MR) is 136 cm³/mol. The van der Waals surface area contributed by atoms with Crippen LogP contribution in [0.25, 0.3) is 0 Å². The van der Waals surface area contributed by atoms with E-state index in [9.17, 15) is 24.8 Å². The van der Waals surface area contributed by atoms with Crippen LogP contribution in [0.4, 0.5) is 5.69 Å². The summed E-state index contributed by atoms with van der Waals surface area (Å²) in [7, 11) is 1.48. The van der Waals surface area contributed by atoms with Crippen LogP contribution in [0.1, 0.15) is 49.0 Å². The number of esters is 1. The van der Waals surface area contributed by atoms with Crippen molar-refractivity contribution in [2.24, 2.45) is 0 Å². The Kier molecular flexibility index (Phi) is 7.94. The minimum absolute atomic E-state index is 0.000935. The molecule has 1 aromatic carbocycles. The molecule has 2 heterocycles. The van der Waals surface area contributed by atoms with Crippen molar-refractivity contribution in [2.45, 2.75) is 38.5 Å². The Hall–Kier alpha value is -3.70. The summed E-state index contributed by atoms with van der Waals surface area (Å²) >= 11 is 1.58. The molecule has 196 valence electrons. The molecular formula is C26H28N2O8S. The lowest BCUT2D eigenvalue weighted by Crippen LogP contribution is -2.36. The van der Waals surface area contributed by atoms with E-state index in [0.29, 0.717) is 23.4 Å². The number of nitrogens with zero attached hydrogens (tertiary/aromatic N) is 1. The fourth-order valence-electron chi connectivity index (χ4n) is 4.85. The lowest BCUT2D eigenvalue weighted by Gasteiger charge is -2.36. The number of hydrogen-bond donors (Lipinski definition) is 2. The minimum atomic E-state index is -0.943. The second-order valence-electron chi connectivity index (χ2n) is 8.74. The smallest absolute Gasteiger partial charge is 0.336 e. The van der Waals surface area contributed by atoms with Gasteiger partial charge in [-0.05, 0) is 43.3 Å². The molecule has 0 spiro atoms. The largest absolute Gasteiger partial charge is 0.500 e. The monoisotopic (exact) mass is 528 g/mol. The standard InChI is InChI=1S/C26H28N2O8S/c1-4-35-20-13-16(11-18(25(20)30)28(32)33)23-22(26(31)36-8-7-34-3)14(2)27-17-10-15(12-19(29)24(17)23)21-6-5-9-37-21/h5-6,9,11,13,15,23,27,30H,4,7-8,10,12H2,1-3H3/t15-,23+/m1/s1. The average Bonchev–Trinajstić information content (AvgIpc) is 3.39. The van der Waals surface area contributed by atoms with E-state index in [1.807, 2.05) is 17.5 Å². The Morgan fingerprint density at radius 1 is 1.30 bits per heavy atom. The molecule has 0 saturated carbocycles. The van der Waals surface area contributed by atoms with Gasteiger partial charge >= 0.3 is 11.7 Å². The van der Waals surface area contributed by atoms with Crippen molar-refractivity contribution in [3.8, 4) is 11.5 Å². The van der Waals surface area contributed by atoms with Gasteiger partial charge < -0.3 is 24.6 Å². The summed E-state index contributed by atoms with van der Waals surface area (Å²) in [5.74, 6) is -2.51. The van der Waals surface area contributed by atoms with E-state index >= 15 is 0 Å². The predicted octanol–water partition coefficient (Wildman–Crippen LogP) is 4.31. The van der Waals surface area contributed by atoms with E-state index in [0.717, 1.165) is 4.88 Å². The zero-order valence-corrected chi connectivity index (χ0v) is 21.6. The van der Waals surface area contributed by atoms with Crippen LogP contribution in [0.5, 0.6) is 11.5 Å². The normalized spacial score (nSPS) is 19.4. The summed E-state index contributed by atoms with van der Waals surface area (Å²) in [4.78, 5) is 39.1. The number of methoxy groups -OCH3 is 1. The highest BCUT2D eigenvalue weighted by molar-refractivity contribution is 7.10. The first kappa shape index (κ1) is 26.4. The van der Waals surface area contributed by atoms with Crippen LogP contribution < -0.4 is 10.1 Å². The summed E-state index contributed by atoms with van der Waals surface area (Å²) < 4.78 is 15.9. The Labute approximate surface area is 217 Å². The summed E-state index contributed by atoms with van der Waals surface area (Å²) in [5, 5.41) is 27.4. The van der Waals surface area contributed by atoms with Crippen molar-refractivity contribution in [3.05, 3.63) is 72.7 Å². The van der Waals surface area contributed by atoms with Crippen LogP contribution in [-0.2, 0) is 19.1 Å². The molecule has 1 aliphatic heterocycles. The molecule has 0 amide bonds. The van der Waals surface area contributed by atoms with Gasteiger partial charge in [0.15, 0.2) is 11.5 Å². The molecule has 2 atom stereocenters. The number of phenols is 1. The summed E-state index contributed by atoms with van der Waals surface area (Å²) in [6, 6.07) is 6.57. The number of aromatic hydroxyl groups is 1. The molecule has 37 heavy (non-hydrogen) atoms. The number of benzene rings is 1. The number of hydrogen-bond acceptors (Lipinski definition) is 10. The van der Waals surface area contributed by atoms with Crippen LogP contribution in [0.2, 0.25) is 0 Å². The van der Waals surface area contributed by atoms with Crippen molar-refractivity contribution in [3.63, 3.8) is 0 Å². The van der Waals surface area contributed by atoms with Crippen LogP contribution >= 0.6 is 11.3 Å². The Morgan fingerprint density at radius 2 is 2.08 bits per heavy atom. The molecule has 0 radical (unpaired) electrons. The third kappa shape index (κ3) is 5.23. The van der Waals surface area contributed by atoms with Crippen molar-refractivity contribution < 1.29 is 33.8 Å². The van der Waals surface area contributed by atoms with E-state index in [4.69, 9.17) is 14.2 Å². The third-order valence-corrected chi connectivity index (χ3v) is 7.46. The lowest BCUT2D eigenvalue weighted by molar-refractivity contribution is -0.386. The number of thiophene rings is 1. The lowest BCUT2D eigenvalue weighted by atomic mass is 9.72. The van der Waals surface area contributed by atoms with Gasteiger partial charge in [-0.25, -0.2) is 4.79 Å². The number of phenolic OH excluding ortho intramolecular Hbond substituents is 1. The number of nitro groups is 1. The third-order valence-electron chi connectivity index (χ3n) is 6.42. The van der Waals surface area contributed by atoms with E-state index < -0.39 is 28.2 Å². The number of Topliss-reactive ketones (excluding diaryl/α,β-unsaturated/α-hetero) is 1. The number of carbonyl (C=O) groups excluding carboxylic acids is 2. The van der Waals surface area contributed by atoms with E-state index in [1.54, 1.807) is 25.2 Å². The molecule has 2 aliphatic rings. The quantitative estimate of drug-likeness (QED) is 0.211. The highest BCUT2D eigenvalue weighted by Crippen LogP contribution is 2.49. The molecule has 0 saturated heterocycles. The van der Waals surface area contributed by atoms with Gasteiger partial charge in [-0.15, -0.1) is 11.3 Å². The molecule has 1 aromatic heterocycles. The number of dihydropyridines is 1. The second kappa shape index (κ2) is 11.1. The SMILES string of the molecule is CCOc1cc([C@H]2C(C(=O)OCCOC)=C(C)NC3=C2C(=O)C[C@H](c2cccs2)C3)cc([N+](=O)[O-])c1O. The number of allylic oxidation sites excluding steroid dienone is 3. The molecule has 4 rings (SSSR count). The molecule has 0 fully saturated rings. The molecule has 0 unspecified atom stereocenters. The maximum absolute atomic E-state index is 13.6. The highest BCUT2D eigenvalue weighted by atomic mass is 32.1. The van der Waals surface area contributed by atoms with Gasteiger partial charge in [0.2, 0.25) is 5.75 Å². The minimum Gasteiger partial charge on any atom is -0.500 e. The maximum Gasteiger partial charge on any atom is 0.336 e. The molecule has 10 nitrogen and oxygen atoms in total. The van der Waals surface area contributed by atoms with Gasteiger partial charge in [0, 0.05) is 53.3 Å². The zero-order valence-electron chi connectivity index (χ0n) is 20.7. The maximum atomic E-state index is 13.6. The summed E-state index contributed by atoms with van der Waals surface area (Å²) in [6.45, 7) is 3.72. The van der Waals surface area contributed by atoms with Crippen molar-refractivity contribution in [1.82, 2.24) is 5.32 Å². The number of nitro benzene ring substituents is 1. The van der Waals surface area contributed by atoms with Crippen LogP contribution in [0, 0.1) is 10.1 Å². The number of carbonyl (C=O) groups is 2. The van der Waals surface area contributed by atoms with E-state index in [2.05, 4.69) is 5.32 Å². The molecule has 2 aromatic rings. The summed E-state index contributed by atoms with van der Waals surface area (Å²) in [6.07, 6.45) is 0.779. The van der Waals surface area contributed by atoms with Crippen LogP contribution in [0.15, 0.2) is 52.2 Å². The number of rotatable bonds is 9. The van der Waals surface area contributed by atoms with E-state index in [-0.39, 0.29) is 54.8 Å². The molecule has 11 heteroatoms. The Bertz CT molecular complexity index is 1280. The zero-order chi connectivity index (χ0) is 26.7. The van der Waals surface area contributed by atoms with Crippen molar-refractivity contribution in [2.75, 3.05) is 26.9 Å². The molecule has 0 bridgehead atoms. The number of nitrogens with one attached hydrogen (secondary N) is 1. The van der Waals surface area contributed by atoms with Crippen LogP contribution in [0.3, 0.4) is 0 Å². The molecular weight excluding hydrogens is 500 g/mol. The van der Waals surface area contributed by atoms with Gasteiger partial charge in [-0.3, -0.25) is 14.9 Å². The van der Waals surface area contributed by atoms with Gasteiger partial charge in [-0.1, -0.05) is 6.07 Å². The van der Waals surface area contributed by atoms with Crippen molar-refractivity contribution in [1.29, 1.82) is 0 Å². The average molecular weight is 529 g/mol. The Balaban J connectivity index is 1.87. The first-order valence-electron chi connectivity index (χ1n) is 11.8. The topological polar surface area (TPSA) is 137 Å². The molecule has 2 N–H and O–H groups in total.